The third kappa shape index (κ3) is 6.36. The molecule has 9 nitrogen and oxygen atoms in total. The SMILES string of the molecule is COC(=O)c1sc(N2C(=O)C(=O)/C(=C(/O)c3ccc(OCc4ccccc4C)cc3)C2c2cccc(Oc3ccccc3)c2)nc1C. The second-order valence-electron chi connectivity index (χ2n) is 10.8. The van der Waals surface area contributed by atoms with Gasteiger partial charge in [-0.3, -0.25) is 14.5 Å². The first-order chi connectivity index (χ1) is 22.7. The van der Waals surface area contributed by atoms with Crippen LogP contribution in [0, 0.1) is 13.8 Å². The van der Waals surface area contributed by atoms with Gasteiger partial charge in [-0.2, -0.15) is 0 Å². The number of aliphatic hydroxyl groups excluding tert-OH is 1. The smallest absolute Gasteiger partial charge is 0.350 e. The molecule has 2 heterocycles. The number of carbonyl (C=O) groups excluding carboxylic acids is 3. The summed E-state index contributed by atoms with van der Waals surface area (Å²) in [5.74, 6) is -1.13. The minimum absolute atomic E-state index is 0.114. The molecule has 1 N–H and O–H groups in total. The molecule has 0 radical (unpaired) electrons. The van der Waals surface area contributed by atoms with Gasteiger partial charge in [-0.1, -0.05) is 65.9 Å². The minimum Gasteiger partial charge on any atom is -0.507 e. The number of aromatic nitrogens is 1. The van der Waals surface area contributed by atoms with E-state index in [1.54, 1.807) is 67.6 Å². The van der Waals surface area contributed by atoms with Crippen LogP contribution in [0.15, 0.2) is 109 Å². The highest BCUT2D eigenvalue weighted by molar-refractivity contribution is 7.17. The molecule has 5 aromatic rings. The summed E-state index contributed by atoms with van der Waals surface area (Å²) in [6.07, 6.45) is 0. The summed E-state index contributed by atoms with van der Waals surface area (Å²) in [4.78, 5) is 45.7. The molecule has 1 fully saturated rings. The van der Waals surface area contributed by atoms with Gasteiger partial charge in [0, 0.05) is 5.56 Å². The molecule has 1 aliphatic rings. The van der Waals surface area contributed by atoms with Gasteiger partial charge >= 0.3 is 11.9 Å². The monoisotopic (exact) mass is 646 g/mol. The Morgan fingerprint density at radius 1 is 0.872 bits per heavy atom. The maximum absolute atomic E-state index is 13.7. The average molecular weight is 647 g/mol. The second-order valence-corrected chi connectivity index (χ2v) is 11.8. The standard InChI is InChI=1S/C37H30N2O7S/c1-22-10-7-8-11-26(22)21-45-27-18-16-24(17-19-27)32(40)30-31(25-12-9-15-29(20-25)46-28-13-5-4-6-14-28)39(35(42)33(30)41)37-38-23(2)34(47-37)36(43)44-3/h4-20,31,40H,21H2,1-3H3/b32-30+. The summed E-state index contributed by atoms with van der Waals surface area (Å²) in [6.45, 7) is 4.00. The highest BCUT2D eigenvalue weighted by atomic mass is 32.1. The quantitative estimate of drug-likeness (QED) is 0.0756. The number of amides is 1. The topological polar surface area (TPSA) is 115 Å². The predicted molar refractivity (Wildman–Crippen MR) is 178 cm³/mol. The van der Waals surface area contributed by atoms with E-state index in [9.17, 15) is 19.5 Å². The third-order valence-corrected chi connectivity index (χ3v) is 8.88. The summed E-state index contributed by atoms with van der Waals surface area (Å²) in [5.41, 5.74) is 3.18. The van der Waals surface area contributed by atoms with E-state index in [0.717, 1.165) is 22.5 Å². The predicted octanol–water partition coefficient (Wildman–Crippen LogP) is 7.54. The molecule has 6 rings (SSSR count). The fourth-order valence-corrected chi connectivity index (χ4v) is 6.29. The van der Waals surface area contributed by atoms with Crippen LogP contribution < -0.4 is 14.4 Å². The summed E-state index contributed by atoms with van der Waals surface area (Å²) in [5, 5.41) is 11.8. The number of esters is 1. The molecule has 1 unspecified atom stereocenters. The summed E-state index contributed by atoms with van der Waals surface area (Å²) < 4.78 is 16.9. The molecule has 1 amide bonds. The van der Waals surface area contributed by atoms with E-state index in [0.29, 0.717) is 40.7 Å². The fourth-order valence-electron chi connectivity index (χ4n) is 5.28. The van der Waals surface area contributed by atoms with Crippen molar-refractivity contribution in [2.45, 2.75) is 26.5 Å². The number of thiazole rings is 1. The van der Waals surface area contributed by atoms with Crippen molar-refractivity contribution in [1.82, 2.24) is 4.98 Å². The Hall–Kier alpha value is -5.74. The zero-order valence-electron chi connectivity index (χ0n) is 25.8. The second kappa shape index (κ2) is 13.3. The molecule has 4 aromatic carbocycles. The van der Waals surface area contributed by atoms with E-state index in [-0.39, 0.29) is 21.3 Å². The molecule has 1 atom stereocenters. The first kappa shape index (κ1) is 31.3. The van der Waals surface area contributed by atoms with Gasteiger partial charge < -0.3 is 19.3 Å². The lowest BCUT2D eigenvalue weighted by Gasteiger charge is -2.23. The van der Waals surface area contributed by atoms with E-state index in [1.165, 1.54) is 12.0 Å². The Morgan fingerprint density at radius 3 is 2.30 bits per heavy atom. The zero-order chi connectivity index (χ0) is 33.1. The number of hydrogen-bond donors (Lipinski definition) is 1. The minimum atomic E-state index is -1.08. The van der Waals surface area contributed by atoms with Gasteiger partial charge in [0.05, 0.1) is 24.4 Å². The summed E-state index contributed by atoms with van der Waals surface area (Å²) in [6, 6.07) is 29.6. The van der Waals surface area contributed by atoms with E-state index in [1.807, 2.05) is 49.4 Å². The van der Waals surface area contributed by atoms with Crippen LogP contribution in [0.3, 0.4) is 0 Å². The lowest BCUT2D eigenvalue weighted by molar-refractivity contribution is -0.132. The summed E-state index contributed by atoms with van der Waals surface area (Å²) in [7, 11) is 1.25. The van der Waals surface area contributed by atoms with Crippen molar-refractivity contribution in [1.29, 1.82) is 0 Å². The van der Waals surface area contributed by atoms with E-state index in [2.05, 4.69) is 4.98 Å². The highest BCUT2D eigenvalue weighted by Crippen LogP contribution is 2.45. The Balaban J connectivity index is 1.40. The largest absolute Gasteiger partial charge is 0.507 e. The molecule has 47 heavy (non-hydrogen) atoms. The number of hydrogen-bond acceptors (Lipinski definition) is 9. The Labute approximate surface area is 275 Å². The maximum Gasteiger partial charge on any atom is 0.350 e. The number of Topliss-reactive ketones (excluding diaryl/α,β-unsaturated/α-hetero) is 1. The van der Waals surface area contributed by atoms with Crippen molar-refractivity contribution in [3.05, 3.63) is 142 Å². The molecular weight excluding hydrogens is 616 g/mol. The Morgan fingerprint density at radius 2 is 1.57 bits per heavy atom. The van der Waals surface area contributed by atoms with Crippen LogP contribution in [0.25, 0.3) is 5.76 Å². The van der Waals surface area contributed by atoms with Crippen LogP contribution in [0.1, 0.15) is 43.7 Å². The normalized spacial score (nSPS) is 15.5. The number of carbonyl (C=O) groups is 3. The molecule has 236 valence electrons. The van der Waals surface area contributed by atoms with Crippen LogP contribution in [-0.4, -0.2) is 34.9 Å². The van der Waals surface area contributed by atoms with Crippen molar-refractivity contribution in [2.24, 2.45) is 0 Å². The van der Waals surface area contributed by atoms with Crippen LogP contribution in [0.4, 0.5) is 5.13 Å². The lowest BCUT2D eigenvalue weighted by Crippen LogP contribution is -2.29. The Bertz CT molecular complexity index is 2000. The molecule has 0 saturated carbocycles. The molecule has 1 aromatic heterocycles. The number of ketones is 1. The molecule has 1 aliphatic heterocycles. The van der Waals surface area contributed by atoms with Crippen LogP contribution in [-0.2, 0) is 20.9 Å². The van der Waals surface area contributed by atoms with E-state index < -0.39 is 23.7 Å². The van der Waals surface area contributed by atoms with Crippen molar-refractivity contribution in [3.63, 3.8) is 0 Å². The van der Waals surface area contributed by atoms with Crippen molar-refractivity contribution in [3.8, 4) is 17.2 Å². The van der Waals surface area contributed by atoms with Gasteiger partial charge in [-0.25, -0.2) is 9.78 Å². The number of aryl methyl sites for hydroxylation is 2. The van der Waals surface area contributed by atoms with Gasteiger partial charge in [0.2, 0.25) is 0 Å². The number of nitrogens with zero attached hydrogens (tertiary/aromatic N) is 2. The molecular formula is C37H30N2O7S. The molecule has 1 saturated heterocycles. The molecule has 10 heteroatoms. The van der Waals surface area contributed by atoms with Gasteiger partial charge in [-0.15, -0.1) is 0 Å². The van der Waals surface area contributed by atoms with E-state index >= 15 is 0 Å². The van der Waals surface area contributed by atoms with Crippen molar-refractivity contribution >= 4 is 39.9 Å². The average Bonchev–Trinajstić information content (AvgIpc) is 3.60. The maximum atomic E-state index is 13.7. The number of rotatable bonds is 9. The fraction of sp³-hybridized carbons (Fsp3) is 0.135. The molecule has 0 spiro atoms. The van der Waals surface area contributed by atoms with Gasteiger partial charge in [0.1, 0.15) is 34.5 Å². The van der Waals surface area contributed by atoms with Gasteiger partial charge in [0.15, 0.2) is 5.13 Å². The third-order valence-electron chi connectivity index (χ3n) is 7.74. The first-order valence-corrected chi connectivity index (χ1v) is 15.5. The number of ether oxygens (including phenoxy) is 3. The van der Waals surface area contributed by atoms with Crippen LogP contribution >= 0.6 is 11.3 Å². The van der Waals surface area contributed by atoms with Crippen molar-refractivity contribution in [2.75, 3.05) is 12.0 Å². The zero-order valence-corrected chi connectivity index (χ0v) is 26.6. The lowest BCUT2D eigenvalue weighted by atomic mass is 9.95. The van der Waals surface area contributed by atoms with Crippen LogP contribution in [0.2, 0.25) is 0 Å². The van der Waals surface area contributed by atoms with E-state index in [4.69, 9.17) is 14.2 Å². The number of para-hydroxylation sites is 1. The van der Waals surface area contributed by atoms with Crippen molar-refractivity contribution < 1.29 is 33.7 Å². The Kier molecular flexibility index (Phi) is 8.86. The molecule has 0 bridgehead atoms. The highest BCUT2D eigenvalue weighted by Gasteiger charge is 2.48. The number of aliphatic hydroxyl groups is 1. The summed E-state index contributed by atoms with van der Waals surface area (Å²) >= 11 is 0.932. The number of anilines is 1. The number of benzene rings is 4. The number of methoxy groups -OCH3 is 1. The molecule has 0 aliphatic carbocycles. The van der Waals surface area contributed by atoms with Crippen LogP contribution in [0.5, 0.6) is 17.2 Å². The van der Waals surface area contributed by atoms with Gasteiger partial charge in [-0.05, 0) is 79.1 Å². The van der Waals surface area contributed by atoms with Gasteiger partial charge in [0.25, 0.3) is 5.78 Å². The first-order valence-electron chi connectivity index (χ1n) is 14.7.